The van der Waals surface area contributed by atoms with Crippen LogP contribution in [0.2, 0.25) is 0 Å². The number of benzene rings is 4. The number of hydrogen-bond acceptors (Lipinski definition) is 12. The van der Waals surface area contributed by atoms with Gasteiger partial charge in [0.2, 0.25) is 23.3 Å². The van der Waals surface area contributed by atoms with Gasteiger partial charge in [-0.05, 0) is 144 Å². The fourth-order valence-corrected chi connectivity index (χ4v) is 10.6. The molecule has 0 amide bonds. The molecular weight excluding hydrogens is 1150 g/mol. The zero-order chi connectivity index (χ0) is 60.1. The second-order valence-electron chi connectivity index (χ2n) is 18.5. The molecule has 0 saturated carbocycles. The van der Waals surface area contributed by atoms with Crippen molar-refractivity contribution in [2.75, 3.05) is 56.4 Å². The first-order valence-electron chi connectivity index (χ1n) is 24.5. The van der Waals surface area contributed by atoms with E-state index in [1.54, 1.807) is 97.1 Å². The van der Waals surface area contributed by atoms with Crippen molar-refractivity contribution in [3.63, 3.8) is 0 Å². The minimum atomic E-state index is -4.09. The van der Waals surface area contributed by atoms with Crippen LogP contribution in [0, 0.1) is 94.7 Å². The highest BCUT2D eigenvalue weighted by Gasteiger charge is 2.25. The standard InChI is InChI=1S/C60H44N12O8S4/c1-65(2)81(73,74)69-41-53-33-25-45-9-11-46(12-10-45)26-34-54-42-71(83(77,78)67(5)6)59(62-54)39-31-51-21-23-52(24-22-51)32-40-60-64-56(44-72(60)84(79,80)68(7)8)36-28-48-15-19-50(20-16-48)30-38-58-63-55(43-70(58)82(75,76)66(3)4)35-27-47-13-17-49(18-14-47)29-37-57(69)61-53/h9-24,41-44H,1-8H3. The molecule has 24 heteroatoms. The molecule has 4 aromatic heterocycles. The molecule has 0 aliphatic carbocycles. The number of hydrogen-bond donors (Lipinski definition) is 0. The van der Waals surface area contributed by atoms with Crippen LogP contribution in [0.5, 0.6) is 0 Å². The van der Waals surface area contributed by atoms with E-state index < -0.39 is 40.8 Å². The van der Waals surface area contributed by atoms with E-state index in [9.17, 15) is 33.7 Å². The van der Waals surface area contributed by atoms with Crippen molar-refractivity contribution in [1.29, 1.82) is 0 Å². The van der Waals surface area contributed by atoms with Gasteiger partial charge in [-0.15, -0.1) is 0 Å². The van der Waals surface area contributed by atoms with Crippen LogP contribution in [0.3, 0.4) is 0 Å². The van der Waals surface area contributed by atoms with Crippen LogP contribution >= 0.6 is 0 Å². The Kier molecular flexibility index (Phi) is 16.5. The third-order valence-corrected chi connectivity index (χ3v) is 18.5. The lowest BCUT2D eigenvalue weighted by molar-refractivity contribution is 0.509. The lowest BCUT2D eigenvalue weighted by Gasteiger charge is -2.12. The van der Waals surface area contributed by atoms with E-state index in [1.807, 2.05) is 0 Å². The zero-order valence-corrected chi connectivity index (χ0v) is 49.1. The number of imidazole rings is 4. The van der Waals surface area contributed by atoms with E-state index in [0.29, 0.717) is 44.5 Å². The van der Waals surface area contributed by atoms with E-state index in [4.69, 9.17) is 0 Å². The summed E-state index contributed by atoms with van der Waals surface area (Å²) in [6, 6.07) is 26.8. The lowest BCUT2D eigenvalue weighted by atomic mass is 10.1. The van der Waals surface area contributed by atoms with Crippen molar-refractivity contribution in [2.24, 2.45) is 0 Å². The SMILES string of the molecule is CN(C)S(=O)(=O)n1cc2nc1C#Cc1ccc(cc1)C#Cc1cn(S(=O)(=O)N(C)C)c(n1)C#Cc1ccc(cc1)C#Cc1cn(S(=O)(=O)N(C)C)c(n1)C#Cc1ccc(cc1)C#Cc1nc(cn1S(=O)(=O)N(C)C)C#Cc1ccc(cc1)C#C2. The maximum absolute atomic E-state index is 13.4. The molecule has 0 atom stereocenters. The largest absolute Gasteiger partial charge is 0.309 e. The van der Waals surface area contributed by atoms with Gasteiger partial charge in [-0.1, -0.05) is 47.4 Å². The molecule has 0 spiro atoms. The van der Waals surface area contributed by atoms with Crippen molar-refractivity contribution in [3.05, 3.63) is 212 Å². The average molecular weight is 1190 g/mol. The van der Waals surface area contributed by atoms with Crippen LogP contribution in [0.15, 0.2) is 122 Å². The molecule has 0 unspecified atom stereocenters. The molecular formula is C60H44N12O8S4. The summed E-state index contributed by atoms with van der Waals surface area (Å²) in [6.45, 7) is 0. The molecule has 0 radical (unpaired) electrons. The van der Waals surface area contributed by atoms with E-state index in [0.717, 1.165) is 33.1 Å². The Bertz CT molecular complexity index is 5000. The number of rotatable bonds is 8. The summed E-state index contributed by atoms with van der Waals surface area (Å²) in [5, 5.41) is 0. The van der Waals surface area contributed by atoms with Crippen LogP contribution < -0.4 is 0 Å². The van der Waals surface area contributed by atoms with Crippen molar-refractivity contribution in [2.45, 2.75) is 0 Å². The Morgan fingerprint density at radius 1 is 0.250 bits per heavy atom. The Morgan fingerprint density at radius 2 is 0.393 bits per heavy atom. The van der Waals surface area contributed by atoms with E-state index >= 15 is 0 Å². The average Bonchev–Trinajstić information content (AvgIpc) is 2.51. The fraction of sp³-hybridized carbons (Fsp3) is 0.133. The summed E-state index contributed by atoms with van der Waals surface area (Å²) in [7, 11) is -5.34. The van der Waals surface area contributed by atoms with E-state index in [-0.39, 0.29) is 46.1 Å². The Morgan fingerprint density at radius 3 is 0.536 bits per heavy atom. The minimum Gasteiger partial charge on any atom is -0.211 e. The smallest absolute Gasteiger partial charge is 0.211 e. The molecule has 7 aliphatic rings. The second-order valence-corrected chi connectivity index (χ2v) is 26.5. The van der Waals surface area contributed by atoms with Gasteiger partial charge in [0.25, 0.3) is 0 Å². The number of aromatic nitrogens is 8. The predicted molar refractivity (Wildman–Crippen MR) is 315 cm³/mol. The molecule has 11 heterocycles. The summed E-state index contributed by atoms with van der Waals surface area (Å²) in [6.07, 6.45) is 5.09. The van der Waals surface area contributed by atoms with Crippen molar-refractivity contribution in [3.8, 4) is 94.7 Å². The van der Waals surface area contributed by atoms with Crippen molar-refractivity contribution < 1.29 is 33.7 Å². The first-order chi connectivity index (χ1) is 39.9. The minimum absolute atomic E-state index is 0.0905. The maximum Gasteiger partial charge on any atom is 0.309 e. The van der Waals surface area contributed by atoms with Gasteiger partial charge >= 0.3 is 40.8 Å². The molecule has 20 nitrogen and oxygen atoms in total. The molecule has 0 N–H and O–H groups in total. The van der Waals surface area contributed by atoms with Gasteiger partial charge in [-0.2, -0.15) is 50.9 Å². The first kappa shape index (κ1) is 58.5. The summed E-state index contributed by atoms with van der Waals surface area (Å²) in [5.74, 6) is 46.3. The molecule has 16 bridgehead atoms. The van der Waals surface area contributed by atoms with Gasteiger partial charge in [-0.3, -0.25) is 0 Å². The van der Waals surface area contributed by atoms with Crippen molar-refractivity contribution >= 4 is 40.8 Å². The molecule has 0 saturated heterocycles. The maximum atomic E-state index is 13.4. The second kappa shape index (κ2) is 23.7. The molecule has 84 heavy (non-hydrogen) atoms. The third-order valence-electron chi connectivity index (χ3n) is 11.7. The highest BCUT2D eigenvalue weighted by Crippen LogP contribution is 2.16. The normalized spacial score (nSPS) is 12.1. The van der Waals surface area contributed by atoms with Crippen LogP contribution in [0.4, 0.5) is 0 Å². The topological polar surface area (TPSA) is 221 Å². The summed E-state index contributed by atoms with van der Waals surface area (Å²) in [4.78, 5) is 17.7. The van der Waals surface area contributed by atoms with Crippen molar-refractivity contribution in [1.82, 2.24) is 53.0 Å². The Labute approximate surface area is 488 Å². The van der Waals surface area contributed by atoms with Gasteiger partial charge < -0.3 is 0 Å². The molecule has 8 aromatic rings. The fourth-order valence-electron chi connectivity index (χ4n) is 7.04. The lowest BCUT2D eigenvalue weighted by Crippen LogP contribution is -2.29. The quantitative estimate of drug-likeness (QED) is 0.201. The highest BCUT2D eigenvalue weighted by atomic mass is 32.2. The molecule has 7 aliphatic heterocycles. The predicted octanol–water partition coefficient (Wildman–Crippen LogP) is 2.60. The van der Waals surface area contributed by atoms with Gasteiger partial charge in [-0.25, -0.2) is 35.8 Å². The molecule has 15 rings (SSSR count). The van der Waals surface area contributed by atoms with E-state index in [1.165, 1.54) is 81.2 Å². The number of nitrogens with zero attached hydrogens (tertiary/aromatic N) is 12. The first-order valence-corrected chi connectivity index (χ1v) is 30.1. The van der Waals surface area contributed by atoms with Gasteiger partial charge in [0.05, 0.1) is 24.8 Å². The summed E-state index contributed by atoms with van der Waals surface area (Å²) in [5.41, 5.74) is 4.61. The van der Waals surface area contributed by atoms with Gasteiger partial charge in [0.15, 0.2) is 0 Å². The zero-order valence-electron chi connectivity index (χ0n) is 45.8. The van der Waals surface area contributed by atoms with Crippen LogP contribution in [0.1, 0.15) is 90.6 Å². The Hall–Kier alpha value is -10.2. The summed E-state index contributed by atoms with van der Waals surface area (Å²) < 4.78 is 115. The molecule has 0 fully saturated rings. The summed E-state index contributed by atoms with van der Waals surface area (Å²) >= 11 is 0. The van der Waals surface area contributed by atoms with Gasteiger partial charge in [0.1, 0.15) is 22.8 Å². The van der Waals surface area contributed by atoms with Crippen LogP contribution in [0.25, 0.3) is 0 Å². The van der Waals surface area contributed by atoms with Gasteiger partial charge in [0, 0.05) is 101 Å². The molecule has 4 aromatic carbocycles. The van der Waals surface area contributed by atoms with E-state index in [2.05, 4.69) is 115 Å². The molecule has 416 valence electrons. The monoisotopic (exact) mass is 1190 g/mol. The van der Waals surface area contributed by atoms with Crippen LogP contribution in [-0.2, 0) is 40.8 Å². The third kappa shape index (κ3) is 13.1. The highest BCUT2D eigenvalue weighted by molar-refractivity contribution is 7.88. The van der Waals surface area contributed by atoms with Crippen LogP contribution in [-0.4, -0.2) is 143 Å². The Balaban J connectivity index is 1.11.